The van der Waals surface area contributed by atoms with E-state index in [-0.39, 0.29) is 5.75 Å². The molecular weight excluding hydrogens is 260 g/mol. The first-order valence-electron chi connectivity index (χ1n) is 6.21. The van der Waals surface area contributed by atoms with Crippen LogP contribution in [-0.2, 0) is 6.42 Å². The molecule has 6 heteroatoms. The fourth-order valence-electron chi connectivity index (χ4n) is 1.66. The molecule has 0 radical (unpaired) electrons. The monoisotopic (exact) mass is 276 g/mol. The Morgan fingerprint density at radius 2 is 2.26 bits per heavy atom. The van der Waals surface area contributed by atoms with E-state index in [9.17, 15) is 5.11 Å². The molecule has 1 aromatic heterocycles. The van der Waals surface area contributed by atoms with Crippen molar-refractivity contribution in [3.05, 3.63) is 40.4 Å². The number of aromatic hydroxyl groups is 1. The second kappa shape index (κ2) is 6.29. The molecular formula is C13H16N4OS. The second-order valence-electron chi connectivity index (χ2n) is 4.16. The Labute approximate surface area is 116 Å². The second-order valence-corrected chi connectivity index (χ2v) is 4.55. The fourth-order valence-corrected chi connectivity index (χ4v) is 1.85. The highest BCUT2D eigenvalue weighted by Crippen LogP contribution is 2.13. The molecule has 100 valence electrons. The van der Waals surface area contributed by atoms with Crippen LogP contribution in [0.3, 0.4) is 0 Å². The van der Waals surface area contributed by atoms with Gasteiger partial charge in [-0.2, -0.15) is 14.9 Å². The summed E-state index contributed by atoms with van der Waals surface area (Å²) >= 11 is 5.14. The number of benzene rings is 1. The molecule has 1 aromatic carbocycles. The lowest BCUT2D eigenvalue weighted by Crippen LogP contribution is -1.99. The molecule has 0 saturated carbocycles. The molecule has 5 nitrogen and oxygen atoms in total. The van der Waals surface area contributed by atoms with Gasteiger partial charge in [-0.15, -0.1) is 0 Å². The molecule has 0 unspecified atom stereocenters. The first-order chi connectivity index (χ1) is 9.22. The number of phenols is 1. The summed E-state index contributed by atoms with van der Waals surface area (Å²) in [6.07, 6.45) is 4.52. The van der Waals surface area contributed by atoms with E-state index in [1.165, 1.54) is 0 Å². The Kier molecular flexibility index (Phi) is 4.46. The average Bonchev–Trinajstić information content (AvgIpc) is 2.76. The van der Waals surface area contributed by atoms with Gasteiger partial charge in [0.25, 0.3) is 0 Å². The third-order valence-corrected chi connectivity index (χ3v) is 2.98. The molecule has 2 rings (SSSR count). The smallest absolute Gasteiger partial charge is 0.216 e. The number of nitrogens with one attached hydrogen (secondary N) is 1. The van der Waals surface area contributed by atoms with Crippen molar-refractivity contribution in [1.82, 2.24) is 14.9 Å². The Bertz CT molecular complexity index is 630. The molecule has 0 saturated heterocycles. The maximum atomic E-state index is 9.67. The normalized spacial score (nSPS) is 11.2. The maximum absolute atomic E-state index is 9.67. The zero-order chi connectivity index (χ0) is 13.7. The van der Waals surface area contributed by atoms with Gasteiger partial charge in [-0.1, -0.05) is 25.5 Å². The average molecular weight is 276 g/mol. The van der Waals surface area contributed by atoms with Crippen LogP contribution in [0.5, 0.6) is 5.75 Å². The van der Waals surface area contributed by atoms with Gasteiger partial charge in [-0.3, -0.25) is 5.10 Å². The number of aryl methyl sites for hydroxylation is 1. The van der Waals surface area contributed by atoms with E-state index in [4.69, 9.17) is 12.2 Å². The minimum absolute atomic E-state index is 0.191. The number of nitrogens with zero attached hydrogens (tertiary/aromatic N) is 3. The van der Waals surface area contributed by atoms with Crippen LogP contribution in [0.2, 0.25) is 0 Å². The SMILES string of the molecule is CCCCc1n[nH]c(=S)n1/N=C\c1ccccc1O. The molecule has 0 amide bonds. The van der Waals surface area contributed by atoms with E-state index >= 15 is 0 Å². The summed E-state index contributed by atoms with van der Waals surface area (Å²) in [6, 6.07) is 7.01. The molecule has 2 N–H and O–H groups in total. The first kappa shape index (κ1) is 13.5. The van der Waals surface area contributed by atoms with E-state index in [0.717, 1.165) is 25.1 Å². The predicted molar refractivity (Wildman–Crippen MR) is 77.1 cm³/mol. The van der Waals surface area contributed by atoms with Gasteiger partial charge in [0.05, 0.1) is 6.21 Å². The number of hydrogen-bond donors (Lipinski definition) is 2. The Hall–Kier alpha value is -1.95. The van der Waals surface area contributed by atoms with Gasteiger partial charge >= 0.3 is 0 Å². The van der Waals surface area contributed by atoms with Crippen molar-refractivity contribution in [3.63, 3.8) is 0 Å². The number of aromatic amines is 1. The van der Waals surface area contributed by atoms with Crippen molar-refractivity contribution < 1.29 is 5.11 Å². The van der Waals surface area contributed by atoms with E-state index in [2.05, 4.69) is 22.2 Å². The highest BCUT2D eigenvalue weighted by molar-refractivity contribution is 7.71. The molecule has 0 aliphatic heterocycles. The van der Waals surface area contributed by atoms with Crippen molar-refractivity contribution >= 4 is 18.4 Å². The number of hydrogen-bond acceptors (Lipinski definition) is 4. The van der Waals surface area contributed by atoms with Crippen molar-refractivity contribution in [1.29, 1.82) is 0 Å². The summed E-state index contributed by atoms with van der Waals surface area (Å²) in [5, 5.41) is 20.8. The van der Waals surface area contributed by atoms with Gasteiger partial charge in [0.15, 0.2) is 5.82 Å². The third-order valence-electron chi connectivity index (χ3n) is 2.72. The molecule has 0 aliphatic rings. The highest BCUT2D eigenvalue weighted by Gasteiger charge is 2.04. The largest absolute Gasteiger partial charge is 0.507 e. The summed E-state index contributed by atoms with van der Waals surface area (Å²) in [4.78, 5) is 0. The molecule has 19 heavy (non-hydrogen) atoms. The molecule has 2 aromatic rings. The van der Waals surface area contributed by atoms with Crippen LogP contribution in [0.4, 0.5) is 0 Å². The summed E-state index contributed by atoms with van der Waals surface area (Å²) in [6.45, 7) is 2.12. The number of rotatable bonds is 5. The van der Waals surface area contributed by atoms with E-state index in [1.807, 2.05) is 6.07 Å². The van der Waals surface area contributed by atoms with Gasteiger partial charge in [-0.05, 0) is 30.8 Å². The van der Waals surface area contributed by atoms with Crippen molar-refractivity contribution in [3.8, 4) is 5.75 Å². The lowest BCUT2D eigenvalue weighted by molar-refractivity contribution is 0.474. The Morgan fingerprint density at radius 3 is 3.00 bits per heavy atom. The number of para-hydroxylation sites is 1. The van der Waals surface area contributed by atoms with Crippen LogP contribution in [0.15, 0.2) is 29.4 Å². The van der Waals surface area contributed by atoms with Crippen LogP contribution < -0.4 is 0 Å². The topological polar surface area (TPSA) is 66.2 Å². The van der Waals surface area contributed by atoms with Gasteiger partial charge in [-0.25, -0.2) is 0 Å². The van der Waals surface area contributed by atoms with E-state index < -0.39 is 0 Å². The number of unbranched alkanes of at least 4 members (excludes halogenated alkanes) is 1. The summed E-state index contributed by atoms with van der Waals surface area (Å²) in [5.74, 6) is 0.995. The minimum Gasteiger partial charge on any atom is -0.507 e. The van der Waals surface area contributed by atoms with Gasteiger partial charge in [0, 0.05) is 12.0 Å². The number of aromatic nitrogens is 3. The molecule has 0 atom stereocenters. The molecule has 0 bridgehead atoms. The fraction of sp³-hybridized carbons (Fsp3) is 0.308. The maximum Gasteiger partial charge on any atom is 0.216 e. The van der Waals surface area contributed by atoms with Crippen molar-refractivity contribution in [2.24, 2.45) is 5.10 Å². The first-order valence-corrected chi connectivity index (χ1v) is 6.62. The highest BCUT2D eigenvalue weighted by atomic mass is 32.1. The lowest BCUT2D eigenvalue weighted by atomic mass is 10.2. The molecule has 0 aliphatic carbocycles. The van der Waals surface area contributed by atoms with Crippen molar-refractivity contribution in [2.75, 3.05) is 0 Å². The van der Waals surface area contributed by atoms with Crippen LogP contribution in [-0.4, -0.2) is 26.2 Å². The third kappa shape index (κ3) is 3.29. The van der Waals surface area contributed by atoms with Crippen LogP contribution >= 0.6 is 12.2 Å². The van der Waals surface area contributed by atoms with Crippen LogP contribution in [0, 0.1) is 4.77 Å². The lowest BCUT2D eigenvalue weighted by Gasteiger charge is -2.00. The quantitative estimate of drug-likeness (QED) is 0.652. The summed E-state index contributed by atoms with van der Waals surface area (Å²) < 4.78 is 2.05. The number of H-pyrrole nitrogens is 1. The predicted octanol–water partition coefficient (Wildman–Crippen LogP) is 2.87. The van der Waals surface area contributed by atoms with Gasteiger partial charge in [0.1, 0.15) is 5.75 Å². The standard InChI is InChI=1S/C13H16N4OS/c1-2-3-8-12-15-16-13(19)17(12)14-9-10-6-4-5-7-11(10)18/h4-7,9,18H,2-3,8H2,1H3,(H,16,19)/b14-9-. The minimum atomic E-state index is 0.191. The zero-order valence-corrected chi connectivity index (χ0v) is 11.5. The Balaban J connectivity index is 2.26. The molecule has 0 fully saturated rings. The van der Waals surface area contributed by atoms with Gasteiger partial charge in [0.2, 0.25) is 4.77 Å². The Morgan fingerprint density at radius 1 is 1.47 bits per heavy atom. The molecule has 1 heterocycles. The zero-order valence-electron chi connectivity index (χ0n) is 10.7. The number of phenolic OH excluding ortho intramolecular Hbond substituents is 1. The van der Waals surface area contributed by atoms with E-state index in [1.54, 1.807) is 29.1 Å². The van der Waals surface area contributed by atoms with Gasteiger partial charge < -0.3 is 5.11 Å². The van der Waals surface area contributed by atoms with E-state index in [0.29, 0.717) is 10.3 Å². The van der Waals surface area contributed by atoms with Crippen LogP contribution in [0.1, 0.15) is 31.2 Å². The van der Waals surface area contributed by atoms with Crippen molar-refractivity contribution in [2.45, 2.75) is 26.2 Å². The molecule has 0 spiro atoms. The summed E-state index contributed by atoms with van der Waals surface area (Å²) in [7, 11) is 0. The summed E-state index contributed by atoms with van der Waals surface area (Å²) in [5.41, 5.74) is 0.645. The van der Waals surface area contributed by atoms with Crippen LogP contribution in [0.25, 0.3) is 0 Å².